The number of carbonyl (C=O) groups excluding carboxylic acids is 1. The third-order valence-corrected chi connectivity index (χ3v) is 24.5. The Kier molecular flexibility index (Phi) is 8.69. The SMILES string of the molecule is CC(C)(C)[Si](C)(C)O[C@H]1CC[C@@]2(C)[C@@H](CC[C@@H]3[C@@H]2CC[C@@]2(C)[C@H]3CC[C@@H]2[C@@](C)(O[Si](C)(C)C(C)(C)C)[C@H]2CCC(=O)O2)C1. The lowest BCUT2D eigenvalue weighted by molar-refractivity contribution is -0.172. The fraction of sp³-hybridized carbons (Fsp3) is 0.973. The molecular formula is C37H68O4Si2. The fourth-order valence-corrected chi connectivity index (χ4v) is 13.9. The summed E-state index contributed by atoms with van der Waals surface area (Å²) in [5.41, 5.74) is 0.294. The van der Waals surface area contributed by atoms with Crippen LogP contribution in [0.15, 0.2) is 0 Å². The molecule has 5 aliphatic rings. The van der Waals surface area contributed by atoms with Crippen LogP contribution < -0.4 is 0 Å². The summed E-state index contributed by atoms with van der Waals surface area (Å²) in [7, 11) is -3.84. The second-order valence-electron chi connectivity index (χ2n) is 19.7. The highest BCUT2D eigenvalue weighted by molar-refractivity contribution is 6.74. The first kappa shape index (κ1) is 34.2. The van der Waals surface area contributed by atoms with Gasteiger partial charge in [0.15, 0.2) is 16.6 Å². The minimum Gasteiger partial charge on any atom is -0.459 e. The van der Waals surface area contributed by atoms with Crippen LogP contribution in [-0.4, -0.2) is 40.4 Å². The number of ether oxygens (including phenoxy) is 1. The Labute approximate surface area is 267 Å². The number of hydrogen-bond donors (Lipinski definition) is 0. The number of esters is 1. The Hall–Kier alpha value is -0.176. The third kappa shape index (κ3) is 5.71. The molecule has 0 bridgehead atoms. The molecule has 4 nitrogen and oxygen atoms in total. The van der Waals surface area contributed by atoms with Gasteiger partial charge in [0.25, 0.3) is 0 Å². The Bertz CT molecular complexity index is 1060. The van der Waals surface area contributed by atoms with Crippen molar-refractivity contribution < 1.29 is 18.4 Å². The van der Waals surface area contributed by atoms with Crippen LogP contribution in [0.5, 0.6) is 0 Å². The first-order valence-electron chi connectivity index (χ1n) is 18.1. The summed E-state index contributed by atoms with van der Waals surface area (Å²) in [6.07, 6.45) is 13.5. The minimum atomic E-state index is -2.09. The molecule has 4 aliphatic carbocycles. The van der Waals surface area contributed by atoms with Gasteiger partial charge in [-0.15, -0.1) is 0 Å². The Morgan fingerprint density at radius 1 is 0.744 bits per heavy atom. The normalized spacial score (nSPS) is 42.1. The highest BCUT2D eigenvalue weighted by atomic mass is 28.4. The summed E-state index contributed by atoms with van der Waals surface area (Å²) in [4.78, 5) is 12.5. The standard InChI is InChI=1S/C37H68O4Si2/c1-33(2,3)42(10,11)40-26-20-22-35(7)25(24-26)14-15-27-28-16-17-30(36(28,8)23-21-29(27)35)37(9,31-18-19-32(38)39-31)41-43(12,13)34(4,5)6/h25-31H,14-24H2,1-13H3/t25-,26-,27-,28-,29-,30-,31+,35-,36-,37+/m0/s1. The van der Waals surface area contributed by atoms with Gasteiger partial charge in [0, 0.05) is 12.5 Å². The maximum Gasteiger partial charge on any atom is 0.306 e. The maximum atomic E-state index is 12.5. The van der Waals surface area contributed by atoms with Gasteiger partial charge in [0.05, 0.1) is 5.60 Å². The van der Waals surface area contributed by atoms with Crippen molar-refractivity contribution in [3.8, 4) is 0 Å². The van der Waals surface area contributed by atoms with Crippen molar-refractivity contribution in [2.75, 3.05) is 0 Å². The molecule has 1 heterocycles. The number of hydrogen-bond acceptors (Lipinski definition) is 4. The van der Waals surface area contributed by atoms with Crippen LogP contribution in [0.25, 0.3) is 0 Å². The fourth-order valence-electron chi connectivity index (χ4n) is 10.9. The van der Waals surface area contributed by atoms with Crippen LogP contribution in [0.2, 0.25) is 36.3 Å². The molecule has 0 spiro atoms. The van der Waals surface area contributed by atoms with Crippen LogP contribution in [0, 0.1) is 40.4 Å². The van der Waals surface area contributed by atoms with E-state index in [2.05, 4.69) is 88.5 Å². The van der Waals surface area contributed by atoms with Gasteiger partial charge in [-0.2, -0.15) is 0 Å². The maximum absolute atomic E-state index is 12.5. The topological polar surface area (TPSA) is 44.8 Å². The zero-order valence-corrected chi connectivity index (χ0v) is 32.5. The van der Waals surface area contributed by atoms with E-state index in [0.717, 1.165) is 30.1 Å². The summed E-state index contributed by atoms with van der Waals surface area (Å²) in [5.74, 6) is 3.64. The van der Waals surface area contributed by atoms with E-state index in [1.165, 1.54) is 57.8 Å². The van der Waals surface area contributed by atoms with Crippen LogP contribution in [0.1, 0.15) is 133 Å². The molecule has 248 valence electrons. The zero-order valence-electron chi connectivity index (χ0n) is 30.5. The second kappa shape index (κ2) is 10.9. The first-order chi connectivity index (χ1) is 19.6. The molecule has 0 amide bonds. The number of cyclic esters (lactones) is 1. The molecule has 1 aliphatic heterocycles. The molecule has 0 aromatic carbocycles. The van der Waals surface area contributed by atoms with Crippen molar-refractivity contribution >= 4 is 22.6 Å². The van der Waals surface area contributed by atoms with Gasteiger partial charge in [0.1, 0.15) is 6.10 Å². The lowest BCUT2D eigenvalue weighted by Gasteiger charge is -2.62. The summed E-state index contributed by atoms with van der Waals surface area (Å²) < 4.78 is 20.6. The molecule has 0 unspecified atom stereocenters. The number of carbonyl (C=O) groups is 1. The van der Waals surface area contributed by atoms with Gasteiger partial charge >= 0.3 is 5.97 Å². The predicted molar refractivity (Wildman–Crippen MR) is 183 cm³/mol. The lowest BCUT2D eigenvalue weighted by atomic mass is 9.44. The van der Waals surface area contributed by atoms with E-state index in [0.29, 0.717) is 23.9 Å². The quantitative estimate of drug-likeness (QED) is 0.216. The van der Waals surface area contributed by atoms with Crippen molar-refractivity contribution in [2.24, 2.45) is 40.4 Å². The van der Waals surface area contributed by atoms with Crippen LogP contribution >= 0.6 is 0 Å². The molecule has 5 fully saturated rings. The molecule has 0 radical (unpaired) electrons. The third-order valence-electron chi connectivity index (χ3n) is 15.4. The summed E-state index contributed by atoms with van der Waals surface area (Å²) in [6.45, 7) is 31.5. The van der Waals surface area contributed by atoms with Gasteiger partial charge < -0.3 is 13.6 Å². The van der Waals surface area contributed by atoms with Crippen molar-refractivity contribution in [1.82, 2.24) is 0 Å². The van der Waals surface area contributed by atoms with Gasteiger partial charge in [-0.1, -0.05) is 55.4 Å². The molecule has 4 saturated carbocycles. The Balaban J connectivity index is 1.37. The molecule has 5 rings (SSSR count). The smallest absolute Gasteiger partial charge is 0.306 e. The molecule has 6 heteroatoms. The molecule has 0 aromatic rings. The second-order valence-corrected chi connectivity index (χ2v) is 29.2. The molecule has 1 saturated heterocycles. The largest absolute Gasteiger partial charge is 0.459 e. The summed E-state index contributed by atoms with van der Waals surface area (Å²) >= 11 is 0. The van der Waals surface area contributed by atoms with Crippen molar-refractivity contribution in [1.29, 1.82) is 0 Å². The van der Waals surface area contributed by atoms with Gasteiger partial charge in [-0.3, -0.25) is 4.79 Å². The van der Waals surface area contributed by atoms with Crippen molar-refractivity contribution in [2.45, 2.75) is 187 Å². The van der Waals surface area contributed by atoms with E-state index in [4.69, 9.17) is 13.6 Å². The molecule has 10 atom stereocenters. The van der Waals surface area contributed by atoms with Gasteiger partial charge in [-0.25, -0.2) is 0 Å². The summed E-state index contributed by atoms with van der Waals surface area (Å²) in [5, 5.41) is 0.394. The monoisotopic (exact) mass is 632 g/mol. The molecule has 43 heavy (non-hydrogen) atoms. The van der Waals surface area contributed by atoms with Gasteiger partial charge in [-0.05, 0) is 148 Å². The molecular weight excluding hydrogens is 565 g/mol. The highest BCUT2D eigenvalue weighted by Crippen LogP contribution is 2.69. The van der Waals surface area contributed by atoms with E-state index in [1.54, 1.807) is 0 Å². The average molecular weight is 633 g/mol. The van der Waals surface area contributed by atoms with Crippen molar-refractivity contribution in [3.63, 3.8) is 0 Å². The number of rotatable bonds is 6. The lowest BCUT2D eigenvalue weighted by Crippen LogP contribution is -2.61. The Morgan fingerprint density at radius 3 is 1.93 bits per heavy atom. The summed E-state index contributed by atoms with van der Waals surface area (Å²) in [6, 6.07) is 0. The van der Waals surface area contributed by atoms with Gasteiger partial charge in [0.2, 0.25) is 0 Å². The van der Waals surface area contributed by atoms with E-state index in [-0.39, 0.29) is 27.6 Å². The average Bonchev–Trinajstić information content (AvgIpc) is 3.46. The molecule has 0 aromatic heterocycles. The van der Waals surface area contributed by atoms with Crippen LogP contribution in [0.3, 0.4) is 0 Å². The first-order valence-corrected chi connectivity index (χ1v) is 23.9. The van der Waals surface area contributed by atoms with Crippen LogP contribution in [-0.2, 0) is 18.4 Å². The highest BCUT2D eigenvalue weighted by Gasteiger charge is 2.65. The van der Waals surface area contributed by atoms with E-state index >= 15 is 0 Å². The van der Waals surface area contributed by atoms with E-state index in [9.17, 15) is 4.79 Å². The van der Waals surface area contributed by atoms with Crippen LogP contribution in [0.4, 0.5) is 0 Å². The van der Waals surface area contributed by atoms with Crippen molar-refractivity contribution in [3.05, 3.63) is 0 Å². The predicted octanol–water partition coefficient (Wildman–Crippen LogP) is 10.5. The number of fused-ring (bicyclic) bond motifs is 5. The molecule has 0 N–H and O–H groups in total. The Morgan fingerprint density at radius 2 is 1.35 bits per heavy atom. The minimum absolute atomic E-state index is 0.0298. The zero-order chi connectivity index (χ0) is 32.0. The van der Waals surface area contributed by atoms with E-state index in [1.807, 2.05) is 0 Å². The van der Waals surface area contributed by atoms with E-state index < -0.39 is 22.2 Å².